The molecule has 1 atom stereocenters. The SMILES string of the molecule is COC(=O)Nc1ccc(S(=O)(=O)N2CCC(Oc3ccc4ccccc4n3)C2)cc1. The standard InChI is InChI=1S/C21H21N3O5S/c1-28-21(25)22-16-7-9-18(10-8-16)30(26,27)24-13-12-17(14-24)29-20-11-6-15-4-2-3-5-19(15)23-20/h2-11,17H,12-14H2,1H3,(H,22,25). The molecule has 0 bridgehead atoms. The van der Waals surface area contributed by atoms with E-state index in [9.17, 15) is 13.2 Å². The van der Waals surface area contributed by atoms with Gasteiger partial charge in [0.25, 0.3) is 0 Å². The van der Waals surface area contributed by atoms with Crippen molar-refractivity contribution < 1.29 is 22.7 Å². The Hall–Kier alpha value is -3.17. The van der Waals surface area contributed by atoms with Gasteiger partial charge in [0.05, 0.1) is 24.1 Å². The highest BCUT2D eigenvalue weighted by Crippen LogP contribution is 2.25. The number of hydrogen-bond acceptors (Lipinski definition) is 6. The number of sulfonamides is 1. The Kier molecular flexibility index (Phi) is 5.56. The zero-order chi connectivity index (χ0) is 21.1. The number of nitrogens with one attached hydrogen (secondary N) is 1. The Morgan fingerprint density at radius 3 is 2.63 bits per heavy atom. The molecular weight excluding hydrogens is 406 g/mol. The maximum absolute atomic E-state index is 12.9. The first kappa shape index (κ1) is 20.1. The van der Waals surface area contributed by atoms with Crippen LogP contribution in [0, 0.1) is 0 Å². The highest BCUT2D eigenvalue weighted by molar-refractivity contribution is 7.89. The molecule has 2 heterocycles. The fourth-order valence-corrected chi connectivity index (χ4v) is 4.81. The van der Waals surface area contributed by atoms with Gasteiger partial charge in [-0.3, -0.25) is 5.32 Å². The van der Waals surface area contributed by atoms with Crippen molar-refractivity contribution in [2.24, 2.45) is 0 Å². The Morgan fingerprint density at radius 2 is 1.87 bits per heavy atom. The van der Waals surface area contributed by atoms with E-state index in [1.54, 1.807) is 6.07 Å². The maximum atomic E-state index is 12.9. The molecule has 1 unspecified atom stereocenters. The minimum Gasteiger partial charge on any atom is -0.473 e. The van der Waals surface area contributed by atoms with Crippen LogP contribution >= 0.6 is 0 Å². The van der Waals surface area contributed by atoms with Crippen LogP contribution in [0.15, 0.2) is 65.6 Å². The van der Waals surface area contributed by atoms with Gasteiger partial charge in [0.1, 0.15) is 6.10 Å². The third kappa shape index (κ3) is 4.22. The van der Waals surface area contributed by atoms with Crippen molar-refractivity contribution >= 4 is 32.7 Å². The molecule has 2 aromatic carbocycles. The van der Waals surface area contributed by atoms with Crippen LogP contribution in [0.5, 0.6) is 5.88 Å². The van der Waals surface area contributed by atoms with Crippen LogP contribution in [0.1, 0.15) is 6.42 Å². The molecule has 8 nitrogen and oxygen atoms in total. The van der Waals surface area contributed by atoms with Crippen molar-refractivity contribution in [3.8, 4) is 5.88 Å². The van der Waals surface area contributed by atoms with Crippen LogP contribution < -0.4 is 10.1 Å². The van der Waals surface area contributed by atoms with Gasteiger partial charge in [0.2, 0.25) is 15.9 Å². The van der Waals surface area contributed by atoms with Gasteiger partial charge < -0.3 is 9.47 Å². The molecule has 1 amide bonds. The molecular formula is C21H21N3O5S. The lowest BCUT2D eigenvalue weighted by molar-refractivity contribution is 0.187. The second-order valence-electron chi connectivity index (χ2n) is 6.87. The van der Waals surface area contributed by atoms with Gasteiger partial charge in [-0.05, 0) is 42.8 Å². The van der Waals surface area contributed by atoms with E-state index in [1.165, 1.54) is 35.7 Å². The molecule has 1 fully saturated rings. The molecule has 30 heavy (non-hydrogen) atoms. The molecule has 1 N–H and O–H groups in total. The lowest BCUT2D eigenvalue weighted by Gasteiger charge is -2.17. The van der Waals surface area contributed by atoms with E-state index in [1.807, 2.05) is 30.3 Å². The number of hydrogen-bond donors (Lipinski definition) is 1. The van der Waals surface area contributed by atoms with Gasteiger partial charge in [0, 0.05) is 23.7 Å². The van der Waals surface area contributed by atoms with Crippen molar-refractivity contribution in [3.63, 3.8) is 0 Å². The van der Waals surface area contributed by atoms with Gasteiger partial charge in [-0.25, -0.2) is 18.2 Å². The van der Waals surface area contributed by atoms with Crippen LogP contribution in [0.25, 0.3) is 10.9 Å². The minimum absolute atomic E-state index is 0.155. The van der Waals surface area contributed by atoms with Crippen molar-refractivity contribution in [1.29, 1.82) is 0 Å². The zero-order valence-corrected chi connectivity index (χ0v) is 17.1. The predicted octanol–water partition coefficient (Wildman–Crippen LogP) is 3.26. The Morgan fingerprint density at radius 1 is 1.10 bits per heavy atom. The first-order chi connectivity index (χ1) is 14.5. The number of ether oxygens (including phenoxy) is 2. The third-order valence-corrected chi connectivity index (χ3v) is 6.77. The highest BCUT2D eigenvalue weighted by atomic mass is 32.2. The van der Waals surface area contributed by atoms with Gasteiger partial charge in [-0.2, -0.15) is 4.31 Å². The summed E-state index contributed by atoms with van der Waals surface area (Å²) in [7, 11) is -2.40. The largest absolute Gasteiger partial charge is 0.473 e. The van der Waals surface area contributed by atoms with Crippen molar-refractivity contribution in [2.75, 3.05) is 25.5 Å². The monoisotopic (exact) mass is 427 g/mol. The number of nitrogens with zero attached hydrogens (tertiary/aromatic N) is 2. The summed E-state index contributed by atoms with van der Waals surface area (Å²) >= 11 is 0. The van der Waals surface area contributed by atoms with E-state index < -0.39 is 16.1 Å². The van der Waals surface area contributed by atoms with Crippen LogP contribution in [0.2, 0.25) is 0 Å². The van der Waals surface area contributed by atoms with Gasteiger partial charge >= 0.3 is 6.09 Å². The number of rotatable bonds is 5. The molecule has 3 aromatic rings. The minimum atomic E-state index is -3.66. The molecule has 1 aliphatic heterocycles. The molecule has 0 aliphatic carbocycles. The van der Waals surface area contributed by atoms with E-state index in [2.05, 4.69) is 15.0 Å². The van der Waals surface area contributed by atoms with Crippen LogP contribution in [0.4, 0.5) is 10.5 Å². The number of carbonyl (C=O) groups is 1. The topological polar surface area (TPSA) is 97.8 Å². The molecule has 1 saturated heterocycles. The predicted molar refractivity (Wildman–Crippen MR) is 112 cm³/mol. The highest BCUT2D eigenvalue weighted by Gasteiger charge is 2.33. The van der Waals surface area contributed by atoms with E-state index in [4.69, 9.17) is 4.74 Å². The number of anilines is 1. The molecule has 0 saturated carbocycles. The summed E-state index contributed by atoms with van der Waals surface area (Å²) in [4.78, 5) is 15.9. The average Bonchev–Trinajstić information content (AvgIpc) is 3.23. The van der Waals surface area contributed by atoms with Crippen molar-refractivity contribution in [3.05, 3.63) is 60.7 Å². The Bertz CT molecular complexity index is 1160. The number of methoxy groups -OCH3 is 1. The fourth-order valence-electron chi connectivity index (χ4n) is 3.32. The number of para-hydroxylation sites is 1. The Balaban J connectivity index is 1.43. The number of carbonyl (C=O) groups excluding carboxylic acids is 1. The van der Waals surface area contributed by atoms with Crippen molar-refractivity contribution in [1.82, 2.24) is 9.29 Å². The number of fused-ring (bicyclic) bond motifs is 1. The van der Waals surface area contributed by atoms with E-state index in [0.717, 1.165) is 10.9 Å². The van der Waals surface area contributed by atoms with E-state index >= 15 is 0 Å². The fraction of sp³-hybridized carbons (Fsp3) is 0.238. The Labute approximate surface area is 174 Å². The van der Waals surface area contributed by atoms with Crippen LogP contribution in [-0.2, 0) is 14.8 Å². The first-order valence-electron chi connectivity index (χ1n) is 9.43. The van der Waals surface area contributed by atoms with E-state index in [0.29, 0.717) is 24.5 Å². The summed E-state index contributed by atoms with van der Waals surface area (Å²) in [5, 5.41) is 3.51. The molecule has 9 heteroatoms. The number of benzene rings is 2. The lowest BCUT2D eigenvalue weighted by atomic mass is 10.2. The summed E-state index contributed by atoms with van der Waals surface area (Å²) < 4.78 is 37.7. The molecule has 0 spiro atoms. The second-order valence-corrected chi connectivity index (χ2v) is 8.81. The van der Waals surface area contributed by atoms with Gasteiger partial charge in [-0.15, -0.1) is 0 Å². The third-order valence-electron chi connectivity index (χ3n) is 4.89. The van der Waals surface area contributed by atoms with Crippen LogP contribution in [-0.4, -0.2) is 50.1 Å². The number of amides is 1. The normalized spacial score (nSPS) is 17.0. The van der Waals surface area contributed by atoms with Gasteiger partial charge in [0.15, 0.2) is 0 Å². The zero-order valence-electron chi connectivity index (χ0n) is 16.3. The molecule has 1 aromatic heterocycles. The molecule has 0 radical (unpaired) electrons. The lowest BCUT2D eigenvalue weighted by Crippen LogP contribution is -2.31. The van der Waals surface area contributed by atoms with E-state index in [-0.39, 0.29) is 17.5 Å². The van der Waals surface area contributed by atoms with Gasteiger partial charge in [-0.1, -0.05) is 18.2 Å². The summed E-state index contributed by atoms with van der Waals surface area (Å²) in [6.45, 7) is 0.613. The summed E-state index contributed by atoms with van der Waals surface area (Å²) in [6, 6.07) is 17.4. The smallest absolute Gasteiger partial charge is 0.411 e. The number of aromatic nitrogens is 1. The van der Waals surface area contributed by atoms with Crippen LogP contribution in [0.3, 0.4) is 0 Å². The summed E-state index contributed by atoms with van der Waals surface area (Å²) in [5.74, 6) is 0.483. The maximum Gasteiger partial charge on any atom is 0.411 e. The molecule has 4 rings (SSSR count). The summed E-state index contributed by atoms with van der Waals surface area (Å²) in [5.41, 5.74) is 1.28. The first-order valence-corrected chi connectivity index (χ1v) is 10.9. The average molecular weight is 427 g/mol. The molecule has 1 aliphatic rings. The molecule has 156 valence electrons. The second kappa shape index (κ2) is 8.29. The number of pyridine rings is 1. The van der Waals surface area contributed by atoms with Crippen molar-refractivity contribution in [2.45, 2.75) is 17.4 Å². The quantitative estimate of drug-likeness (QED) is 0.671. The summed E-state index contributed by atoms with van der Waals surface area (Å²) in [6.07, 6.45) is -0.309.